The van der Waals surface area contributed by atoms with Crippen molar-refractivity contribution in [3.8, 4) is 11.5 Å². The molecule has 0 spiro atoms. The molecule has 0 amide bonds. The van der Waals surface area contributed by atoms with E-state index in [4.69, 9.17) is 9.47 Å². The van der Waals surface area contributed by atoms with Crippen molar-refractivity contribution in [2.24, 2.45) is 0 Å². The van der Waals surface area contributed by atoms with Crippen LogP contribution in [0.2, 0.25) is 0 Å². The Labute approximate surface area is 159 Å². The highest BCUT2D eigenvalue weighted by Crippen LogP contribution is 2.30. The van der Waals surface area contributed by atoms with Crippen molar-refractivity contribution in [3.63, 3.8) is 0 Å². The second-order valence-electron chi connectivity index (χ2n) is 6.54. The van der Waals surface area contributed by atoms with E-state index < -0.39 is 5.82 Å². The van der Waals surface area contributed by atoms with Crippen LogP contribution in [0.1, 0.15) is 32.3 Å². The van der Waals surface area contributed by atoms with Crippen LogP contribution in [0.3, 0.4) is 0 Å². The molecule has 1 aliphatic heterocycles. The molecule has 0 bridgehead atoms. The van der Waals surface area contributed by atoms with E-state index in [0.29, 0.717) is 25.2 Å². The average Bonchev–Trinajstić information content (AvgIpc) is 2.68. The Morgan fingerprint density at radius 1 is 1.07 bits per heavy atom. The van der Waals surface area contributed by atoms with Crippen LogP contribution in [0.5, 0.6) is 11.5 Å². The summed E-state index contributed by atoms with van der Waals surface area (Å²) < 4.78 is 25.3. The normalized spacial score (nSPS) is 15.5. The summed E-state index contributed by atoms with van der Waals surface area (Å²) in [7, 11) is 0. The van der Waals surface area contributed by atoms with Crippen molar-refractivity contribution < 1.29 is 13.9 Å². The van der Waals surface area contributed by atoms with Gasteiger partial charge in [0.2, 0.25) is 11.8 Å². The largest absolute Gasteiger partial charge is 0.491 e. The number of likely N-dealkylation sites (tertiary alicyclic amines) is 1. The van der Waals surface area contributed by atoms with Gasteiger partial charge in [-0.1, -0.05) is 0 Å². The fraction of sp³-hybridized carbons (Fsp3) is 0.500. The first-order chi connectivity index (χ1) is 13.2. The van der Waals surface area contributed by atoms with E-state index in [1.165, 1.54) is 0 Å². The van der Waals surface area contributed by atoms with Gasteiger partial charge in [0.15, 0.2) is 11.5 Å². The van der Waals surface area contributed by atoms with Gasteiger partial charge in [0.25, 0.3) is 0 Å². The van der Waals surface area contributed by atoms with Gasteiger partial charge in [-0.25, -0.2) is 9.97 Å². The molecule has 1 aromatic heterocycles. The van der Waals surface area contributed by atoms with Gasteiger partial charge in [-0.05, 0) is 50.5 Å². The van der Waals surface area contributed by atoms with Crippen molar-refractivity contribution in [2.45, 2.75) is 39.3 Å². The molecule has 27 heavy (non-hydrogen) atoms. The molecule has 7 heteroatoms. The lowest BCUT2D eigenvalue weighted by Crippen LogP contribution is -2.39. The topological polar surface area (TPSA) is 59.5 Å². The Morgan fingerprint density at radius 2 is 1.67 bits per heavy atom. The van der Waals surface area contributed by atoms with E-state index in [0.717, 1.165) is 38.0 Å². The van der Waals surface area contributed by atoms with Crippen molar-refractivity contribution in [1.82, 2.24) is 14.9 Å². The van der Waals surface area contributed by atoms with Crippen molar-refractivity contribution in [1.29, 1.82) is 0 Å². The van der Waals surface area contributed by atoms with E-state index in [9.17, 15) is 4.39 Å². The lowest BCUT2D eigenvalue weighted by atomic mass is 10.0. The van der Waals surface area contributed by atoms with Gasteiger partial charge >= 0.3 is 0 Å². The minimum Gasteiger partial charge on any atom is -0.491 e. The number of anilines is 1. The van der Waals surface area contributed by atoms with E-state index in [-0.39, 0.29) is 11.5 Å². The third kappa shape index (κ3) is 5.29. The predicted molar refractivity (Wildman–Crippen MR) is 103 cm³/mol. The second kappa shape index (κ2) is 9.50. The molecule has 1 fully saturated rings. The summed E-state index contributed by atoms with van der Waals surface area (Å²) in [6.45, 7) is 7.19. The second-order valence-corrected chi connectivity index (χ2v) is 6.54. The Kier molecular flexibility index (Phi) is 6.81. The molecule has 1 aromatic carbocycles. The monoisotopic (exact) mass is 374 g/mol. The number of hydrogen-bond donors (Lipinski definition) is 1. The Hall–Kier alpha value is -2.41. The Morgan fingerprint density at radius 3 is 2.22 bits per heavy atom. The van der Waals surface area contributed by atoms with Gasteiger partial charge < -0.3 is 14.8 Å². The third-order valence-corrected chi connectivity index (χ3v) is 4.56. The average molecular weight is 374 g/mol. The van der Waals surface area contributed by atoms with Crippen molar-refractivity contribution >= 4 is 5.95 Å². The summed E-state index contributed by atoms with van der Waals surface area (Å²) in [4.78, 5) is 10.8. The number of piperidine rings is 1. The minimum absolute atomic E-state index is 0.260. The molecule has 1 saturated heterocycles. The first-order valence-corrected chi connectivity index (χ1v) is 9.53. The van der Waals surface area contributed by atoms with Crippen LogP contribution in [-0.2, 0) is 6.54 Å². The van der Waals surface area contributed by atoms with Crippen LogP contribution in [0, 0.1) is 5.82 Å². The molecule has 2 aromatic rings. The number of ether oxygens (including phenoxy) is 2. The fourth-order valence-electron chi connectivity index (χ4n) is 3.29. The maximum atomic E-state index is 14.4. The summed E-state index contributed by atoms with van der Waals surface area (Å²) in [5.41, 5.74) is 1.00. The molecule has 0 unspecified atom stereocenters. The molecule has 3 rings (SSSR count). The van der Waals surface area contributed by atoms with Crippen molar-refractivity contribution in [2.75, 3.05) is 31.6 Å². The van der Waals surface area contributed by atoms with Crippen LogP contribution in [0.25, 0.3) is 0 Å². The minimum atomic E-state index is -0.423. The van der Waals surface area contributed by atoms with E-state index in [1.807, 2.05) is 19.9 Å². The smallest absolute Gasteiger partial charge is 0.222 e. The fourth-order valence-corrected chi connectivity index (χ4v) is 3.29. The number of benzene rings is 1. The molecule has 1 N–H and O–H groups in total. The molecular formula is C20H27FN4O2. The highest BCUT2D eigenvalue weighted by atomic mass is 19.1. The zero-order chi connectivity index (χ0) is 19.1. The van der Waals surface area contributed by atoms with E-state index in [2.05, 4.69) is 20.2 Å². The number of rotatable bonds is 8. The summed E-state index contributed by atoms with van der Waals surface area (Å²) >= 11 is 0. The highest BCUT2D eigenvalue weighted by Gasteiger charge is 2.21. The molecule has 0 saturated carbocycles. The highest BCUT2D eigenvalue weighted by molar-refractivity contribution is 5.40. The molecule has 6 nitrogen and oxygen atoms in total. The summed E-state index contributed by atoms with van der Waals surface area (Å²) in [5, 5.41) is 3.39. The van der Waals surface area contributed by atoms with E-state index >= 15 is 0 Å². The quantitative estimate of drug-likeness (QED) is 0.763. The van der Waals surface area contributed by atoms with Crippen LogP contribution < -0.4 is 14.8 Å². The molecule has 2 heterocycles. The van der Waals surface area contributed by atoms with Crippen LogP contribution in [0.15, 0.2) is 30.6 Å². The molecule has 0 radical (unpaired) electrons. The number of halogens is 1. The molecule has 146 valence electrons. The Bertz CT molecular complexity index is 694. The van der Waals surface area contributed by atoms with Gasteiger partial charge in [0.05, 0.1) is 13.2 Å². The zero-order valence-electron chi connectivity index (χ0n) is 15.9. The third-order valence-electron chi connectivity index (χ3n) is 4.56. The first kappa shape index (κ1) is 19.4. The first-order valence-electron chi connectivity index (χ1n) is 9.53. The maximum Gasteiger partial charge on any atom is 0.222 e. The lowest BCUT2D eigenvalue weighted by Gasteiger charge is -2.32. The number of nitrogens with one attached hydrogen (secondary N) is 1. The molecule has 0 aliphatic carbocycles. The van der Waals surface area contributed by atoms with Gasteiger partial charge in [0, 0.05) is 38.1 Å². The number of aromatic nitrogens is 2. The summed E-state index contributed by atoms with van der Waals surface area (Å²) in [5.74, 6) is 0.776. The number of hydrogen-bond acceptors (Lipinski definition) is 6. The molecule has 0 atom stereocenters. The Balaban J connectivity index is 1.59. The van der Waals surface area contributed by atoms with Gasteiger partial charge in [-0.15, -0.1) is 0 Å². The van der Waals surface area contributed by atoms with Crippen molar-refractivity contribution in [3.05, 3.63) is 42.0 Å². The SMILES string of the molecule is CCOc1cc(CN2CCC(Nc3ncccn3)CC2)cc(OCC)c1F. The van der Waals surface area contributed by atoms with Gasteiger partial charge in [0.1, 0.15) is 0 Å². The van der Waals surface area contributed by atoms with Crippen LogP contribution >= 0.6 is 0 Å². The van der Waals surface area contributed by atoms with Crippen LogP contribution in [-0.4, -0.2) is 47.2 Å². The summed E-state index contributed by atoms with van der Waals surface area (Å²) in [6, 6.07) is 5.74. The zero-order valence-corrected chi connectivity index (χ0v) is 15.9. The lowest BCUT2D eigenvalue weighted by molar-refractivity contribution is 0.210. The molecule has 1 aliphatic rings. The summed E-state index contributed by atoms with van der Waals surface area (Å²) in [6.07, 6.45) is 5.50. The van der Waals surface area contributed by atoms with Gasteiger partial charge in [-0.3, -0.25) is 4.90 Å². The predicted octanol–water partition coefficient (Wildman–Crippen LogP) is 3.49. The molecular weight excluding hydrogens is 347 g/mol. The maximum absolute atomic E-state index is 14.4. The standard InChI is InChI=1S/C20H27FN4O2/c1-3-26-17-12-15(13-18(19(17)21)27-4-2)14-25-10-6-16(7-11-25)24-20-22-8-5-9-23-20/h5,8-9,12-13,16H,3-4,6-7,10-11,14H2,1-2H3,(H,22,23,24). The number of nitrogens with zero attached hydrogens (tertiary/aromatic N) is 3. The van der Waals surface area contributed by atoms with E-state index in [1.54, 1.807) is 24.5 Å². The van der Waals surface area contributed by atoms with Crippen LogP contribution in [0.4, 0.5) is 10.3 Å². The van der Waals surface area contributed by atoms with Gasteiger partial charge in [-0.2, -0.15) is 4.39 Å².